The topological polar surface area (TPSA) is 39.1 Å². The number of hydrogen-bond acceptors (Lipinski definition) is 3. The average Bonchev–Trinajstić information content (AvgIpc) is 2.87. The molecule has 4 nitrogen and oxygen atoms in total. The zero-order valence-electron chi connectivity index (χ0n) is 9.44. The van der Waals surface area contributed by atoms with E-state index in [1.54, 1.807) is 7.11 Å². The van der Waals surface area contributed by atoms with Gasteiger partial charge in [-0.1, -0.05) is 0 Å². The van der Waals surface area contributed by atoms with Gasteiger partial charge in [0.2, 0.25) is 0 Å². The first-order valence-electron chi connectivity index (χ1n) is 5.48. The lowest BCUT2D eigenvalue weighted by Gasteiger charge is -2.03. The summed E-state index contributed by atoms with van der Waals surface area (Å²) in [7, 11) is 3.80. The molecule has 1 aromatic rings. The molecule has 1 aromatic heterocycles. The third-order valence-electron chi connectivity index (χ3n) is 3.05. The SMILES string of the molecule is COCCNCC1CC1c1cncn1C. The molecule has 15 heavy (non-hydrogen) atoms. The summed E-state index contributed by atoms with van der Waals surface area (Å²) < 4.78 is 7.11. The molecule has 84 valence electrons. The van der Waals surface area contributed by atoms with E-state index in [2.05, 4.69) is 21.9 Å². The Kier molecular flexibility index (Phi) is 3.38. The maximum atomic E-state index is 4.99. The Labute approximate surface area is 90.6 Å². The van der Waals surface area contributed by atoms with Gasteiger partial charge in [0.15, 0.2) is 0 Å². The summed E-state index contributed by atoms with van der Waals surface area (Å²) in [5, 5.41) is 3.40. The average molecular weight is 209 g/mol. The van der Waals surface area contributed by atoms with Gasteiger partial charge in [-0.25, -0.2) is 4.98 Å². The fourth-order valence-corrected chi connectivity index (χ4v) is 2.02. The zero-order valence-corrected chi connectivity index (χ0v) is 9.44. The summed E-state index contributed by atoms with van der Waals surface area (Å²) in [6.07, 6.45) is 5.16. The van der Waals surface area contributed by atoms with Crippen molar-refractivity contribution in [2.75, 3.05) is 26.8 Å². The fourth-order valence-electron chi connectivity index (χ4n) is 2.02. The highest BCUT2D eigenvalue weighted by Gasteiger charge is 2.39. The molecule has 1 heterocycles. The predicted molar refractivity (Wildman–Crippen MR) is 58.8 cm³/mol. The van der Waals surface area contributed by atoms with E-state index in [4.69, 9.17) is 4.74 Å². The highest BCUT2D eigenvalue weighted by molar-refractivity contribution is 5.16. The van der Waals surface area contributed by atoms with Crippen molar-refractivity contribution in [2.45, 2.75) is 12.3 Å². The van der Waals surface area contributed by atoms with E-state index in [0.717, 1.165) is 25.6 Å². The number of methoxy groups -OCH3 is 1. The van der Waals surface area contributed by atoms with Crippen molar-refractivity contribution < 1.29 is 4.74 Å². The molecule has 2 atom stereocenters. The summed E-state index contributed by atoms with van der Waals surface area (Å²) in [6.45, 7) is 2.84. The highest BCUT2D eigenvalue weighted by Crippen LogP contribution is 2.46. The monoisotopic (exact) mass is 209 g/mol. The molecule has 1 aliphatic carbocycles. The lowest BCUT2D eigenvalue weighted by Crippen LogP contribution is -2.21. The largest absolute Gasteiger partial charge is 0.383 e. The normalized spacial score (nSPS) is 24.4. The minimum absolute atomic E-state index is 0.715. The molecule has 2 unspecified atom stereocenters. The van der Waals surface area contributed by atoms with Crippen LogP contribution in [0.3, 0.4) is 0 Å². The minimum Gasteiger partial charge on any atom is -0.383 e. The molecular weight excluding hydrogens is 190 g/mol. The van der Waals surface area contributed by atoms with Crippen LogP contribution in [0.5, 0.6) is 0 Å². The third-order valence-corrected chi connectivity index (χ3v) is 3.05. The quantitative estimate of drug-likeness (QED) is 0.703. The minimum atomic E-state index is 0.715. The van der Waals surface area contributed by atoms with Gasteiger partial charge in [0.25, 0.3) is 0 Å². The van der Waals surface area contributed by atoms with Crippen LogP contribution in [0.4, 0.5) is 0 Å². The highest BCUT2D eigenvalue weighted by atomic mass is 16.5. The Morgan fingerprint density at radius 3 is 3.20 bits per heavy atom. The van der Waals surface area contributed by atoms with Crippen molar-refractivity contribution in [1.82, 2.24) is 14.9 Å². The van der Waals surface area contributed by atoms with Crippen molar-refractivity contribution in [2.24, 2.45) is 13.0 Å². The maximum Gasteiger partial charge on any atom is 0.0945 e. The third kappa shape index (κ3) is 2.58. The Bertz CT molecular complexity index is 311. The smallest absolute Gasteiger partial charge is 0.0945 e. The number of nitrogens with one attached hydrogen (secondary N) is 1. The van der Waals surface area contributed by atoms with Crippen LogP contribution < -0.4 is 5.32 Å². The summed E-state index contributed by atoms with van der Waals surface area (Å²) in [5.41, 5.74) is 1.37. The van der Waals surface area contributed by atoms with Gasteiger partial charge in [-0.2, -0.15) is 0 Å². The molecule has 0 aliphatic heterocycles. The molecular formula is C11H19N3O. The van der Waals surface area contributed by atoms with Crippen LogP contribution in [-0.2, 0) is 11.8 Å². The number of aryl methyl sites for hydroxylation is 1. The number of rotatable bonds is 6. The molecule has 0 amide bonds. The molecule has 1 saturated carbocycles. The molecule has 4 heteroatoms. The standard InChI is InChI=1S/C11H19N3O/c1-14-8-13-7-11(14)10-5-9(10)6-12-3-4-15-2/h7-10,12H,3-6H2,1-2H3. The predicted octanol–water partition coefficient (Wildman–Crippen LogP) is 0.760. The molecule has 1 N–H and O–H groups in total. The lowest BCUT2D eigenvalue weighted by atomic mass is 10.2. The van der Waals surface area contributed by atoms with Gasteiger partial charge in [0, 0.05) is 38.5 Å². The summed E-state index contributed by atoms with van der Waals surface area (Å²) in [6, 6.07) is 0. The number of imidazole rings is 1. The Balaban J connectivity index is 1.70. The maximum absolute atomic E-state index is 4.99. The fraction of sp³-hybridized carbons (Fsp3) is 0.727. The van der Waals surface area contributed by atoms with Crippen molar-refractivity contribution in [1.29, 1.82) is 0 Å². The van der Waals surface area contributed by atoms with E-state index < -0.39 is 0 Å². The molecule has 0 spiro atoms. The van der Waals surface area contributed by atoms with Crippen LogP contribution in [0.25, 0.3) is 0 Å². The van der Waals surface area contributed by atoms with Crippen molar-refractivity contribution in [3.8, 4) is 0 Å². The van der Waals surface area contributed by atoms with Gasteiger partial charge in [0.05, 0.1) is 12.9 Å². The van der Waals surface area contributed by atoms with Gasteiger partial charge in [-0.05, 0) is 18.9 Å². The van der Waals surface area contributed by atoms with E-state index in [9.17, 15) is 0 Å². The molecule has 0 radical (unpaired) electrons. The Hall–Kier alpha value is -0.870. The van der Waals surface area contributed by atoms with Gasteiger partial charge in [-0.3, -0.25) is 0 Å². The molecule has 0 bridgehead atoms. The van der Waals surface area contributed by atoms with Crippen molar-refractivity contribution in [3.05, 3.63) is 18.2 Å². The van der Waals surface area contributed by atoms with Gasteiger partial charge >= 0.3 is 0 Å². The van der Waals surface area contributed by atoms with Gasteiger partial charge < -0.3 is 14.6 Å². The number of nitrogens with zero attached hydrogens (tertiary/aromatic N) is 2. The van der Waals surface area contributed by atoms with Crippen molar-refractivity contribution >= 4 is 0 Å². The van der Waals surface area contributed by atoms with Gasteiger partial charge in [-0.15, -0.1) is 0 Å². The van der Waals surface area contributed by atoms with Crippen LogP contribution in [-0.4, -0.2) is 36.4 Å². The van der Waals surface area contributed by atoms with E-state index in [-0.39, 0.29) is 0 Å². The second-order valence-corrected chi connectivity index (χ2v) is 4.23. The lowest BCUT2D eigenvalue weighted by molar-refractivity contribution is 0.199. The second kappa shape index (κ2) is 4.77. The van der Waals surface area contributed by atoms with Crippen LogP contribution >= 0.6 is 0 Å². The summed E-state index contributed by atoms with van der Waals surface area (Å²) >= 11 is 0. The molecule has 0 aromatic carbocycles. The van der Waals surface area contributed by atoms with E-state index in [1.807, 2.05) is 12.5 Å². The first-order valence-corrected chi connectivity index (χ1v) is 5.48. The summed E-state index contributed by atoms with van der Waals surface area (Å²) in [5.74, 6) is 1.50. The van der Waals surface area contributed by atoms with Crippen LogP contribution in [0.2, 0.25) is 0 Å². The molecule has 2 rings (SSSR count). The van der Waals surface area contributed by atoms with E-state index in [0.29, 0.717) is 5.92 Å². The Morgan fingerprint density at radius 1 is 1.67 bits per heavy atom. The van der Waals surface area contributed by atoms with Crippen LogP contribution in [0.1, 0.15) is 18.0 Å². The molecule has 1 aliphatic rings. The number of aromatic nitrogens is 2. The van der Waals surface area contributed by atoms with E-state index >= 15 is 0 Å². The Morgan fingerprint density at radius 2 is 2.53 bits per heavy atom. The first kappa shape index (κ1) is 10.6. The van der Waals surface area contributed by atoms with Crippen LogP contribution in [0, 0.1) is 5.92 Å². The van der Waals surface area contributed by atoms with E-state index in [1.165, 1.54) is 12.1 Å². The zero-order chi connectivity index (χ0) is 10.7. The molecule has 1 fully saturated rings. The van der Waals surface area contributed by atoms with Crippen molar-refractivity contribution in [3.63, 3.8) is 0 Å². The summed E-state index contributed by atoms with van der Waals surface area (Å²) in [4.78, 5) is 4.15. The van der Waals surface area contributed by atoms with Gasteiger partial charge in [0.1, 0.15) is 0 Å². The molecule has 0 saturated heterocycles. The number of hydrogen-bond donors (Lipinski definition) is 1. The number of ether oxygens (including phenoxy) is 1. The first-order chi connectivity index (χ1) is 7.33. The van der Waals surface area contributed by atoms with Crippen LogP contribution in [0.15, 0.2) is 12.5 Å². The second-order valence-electron chi connectivity index (χ2n) is 4.23.